The number of benzene rings is 4. The predicted octanol–water partition coefficient (Wildman–Crippen LogP) is 7.08. The number of nitrogens with zero attached hydrogens (tertiary/aromatic N) is 3. The maximum absolute atomic E-state index is 13.7. The molecule has 0 fully saturated rings. The van der Waals surface area contributed by atoms with E-state index < -0.39 is 0 Å². The minimum atomic E-state index is 0.0284. The molecule has 37 heavy (non-hydrogen) atoms. The van der Waals surface area contributed by atoms with E-state index in [1.54, 1.807) is 0 Å². The molecule has 6 rings (SSSR count). The van der Waals surface area contributed by atoms with Crippen LogP contribution in [-0.2, 0) is 19.5 Å². The minimum absolute atomic E-state index is 0.0284. The Morgan fingerprint density at radius 1 is 0.811 bits per heavy atom. The SMILES string of the molecule is Cc1ccc2cc3c(nc2c1)N(c1ccc(C(=O)N(Cc2ccccc2)Cc2ccccc2)cc1)CC3. The van der Waals surface area contributed by atoms with Crippen molar-refractivity contribution in [2.75, 3.05) is 11.4 Å². The zero-order chi connectivity index (χ0) is 25.2. The van der Waals surface area contributed by atoms with E-state index in [1.165, 1.54) is 16.5 Å². The van der Waals surface area contributed by atoms with Crippen LogP contribution in [0.3, 0.4) is 0 Å². The van der Waals surface area contributed by atoms with Crippen LogP contribution in [0.1, 0.15) is 32.6 Å². The second kappa shape index (κ2) is 9.90. The van der Waals surface area contributed by atoms with E-state index in [4.69, 9.17) is 4.98 Å². The van der Waals surface area contributed by atoms with Crippen LogP contribution in [-0.4, -0.2) is 22.3 Å². The van der Waals surface area contributed by atoms with Gasteiger partial charge in [-0.2, -0.15) is 0 Å². The molecule has 0 bridgehead atoms. The smallest absolute Gasteiger partial charge is 0.254 e. The molecule has 4 aromatic carbocycles. The number of hydrogen-bond donors (Lipinski definition) is 0. The summed E-state index contributed by atoms with van der Waals surface area (Å²) >= 11 is 0. The predicted molar refractivity (Wildman–Crippen MR) is 150 cm³/mol. The summed E-state index contributed by atoms with van der Waals surface area (Å²) < 4.78 is 0. The summed E-state index contributed by atoms with van der Waals surface area (Å²) in [5.74, 6) is 1.05. The lowest BCUT2D eigenvalue weighted by atomic mass is 10.1. The molecular weight excluding hydrogens is 454 g/mol. The van der Waals surface area contributed by atoms with Gasteiger partial charge in [-0.3, -0.25) is 4.79 Å². The quantitative estimate of drug-likeness (QED) is 0.259. The van der Waals surface area contributed by atoms with Gasteiger partial charge in [0.05, 0.1) is 5.52 Å². The molecule has 4 nitrogen and oxygen atoms in total. The van der Waals surface area contributed by atoms with E-state index in [-0.39, 0.29) is 5.91 Å². The number of pyridine rings is 1. The van der Waals surface area contributed by atoms with E-state index in [2.05, 4.69) is 60.4 Å². The number of hydrogen-bond acceptors (Lipinski definition) is 3. The highest BCUT2D eigenvalue weighted by Gasteiger charge is 2.24. The minimum Gasteiger partial charge on any atom is -0.330 e. The van der Waals surface area contributed by atoms with E-state index in [1.807, 2.05) is 65.6 Å². The van der Waals surface area contributed by atoms with Crippen molar-refractivity contribution >= 4 is 28.3 Å². The molecule has 0 aliphatic carbocycles. The van der Waals surface area contributed by atoms with Crippen molar-refractivity contribution in [2.45, 2.75) is 26.4 Å². The Morgan fingerprint density at radius 3 is 2.11 bits per heavy atom. The number of aryl methyl sites for hydroxylation is 1. The van der Waals surface area contributed by atoms with Crippen molar-refractivity contribution in [3.63, 3.8) is 0 Å². The Labute approximate surface area is 217 Å². The van der Waals surface area contributed by atoms with E-state index in [9.17, 15) is 4.79 Å². The fourth-order valence-electron chi connectivity index (χ4n) is 5.09. The van der Waals surface area contributed by atoms with Gasteiger partial charge in [-0.05, 0) is 72.0 Å². The maximum Gasteiger partial charge on any atom is 0.254 e. The first-order chi connectivity index (χ1) is 18.1. The first-order valence-electron chi connectivity index (χ1n) is 12.8. The lowest BCUT2D eigenvalue weighted by Crippen LogP contribution is -2.30. The third kappa shape index (κ3) is 4.83. The van der Waals surface area contributed by atoms with Crippen LogP contribution < -0.4 is 4.90 Å². The first-order valence-corrected chi connectivity index (χ1v) is 12.8. The molecule has 0 atom stereocenters. The highest BCUT2D eigenvalue weighted by molar-refractivity contribution is 5.95. The Balaban J connectivity index is 1.26. The van der Waals surface area contributed by atoms with Gasteiger partial charge < -0.3 is 9.80 Å². The molecule has 0 unspecified atom stereocenters. The third-order valence-corrected chi connectivity index (χ3v) is 7.04. The van der Waals surface area contributed by atoms with Gasteiger partial charge in [0, 0.05) is 36.3 Å². The van der Waals surface area contributed by atoms with E-state index in [0.29, 0.717) is 18.7 Å². The van der Waals surface area contributed by atoms with Crippen LogP contribution >= 0.6 is 0 Å². The fraction of sp³-hybridized carbons (Fsp3) is 0.152. The lowest BCUT2D eigenvalue weighted by Gasteiger charge is -2.24. The summed E-state index contributed by atoms with van der Waals surface area (Å²) in [5.41, 5.74) is 7.49. The second-order valence-corrected chi connectivity index (χ2v) is 9.75. The van der Waals surface area contributed by atoms with Crippen LogP contribution in [0, 0.1) is 6.92 Å². The highest BCUT2D eigenvalue weighted by atomic mass is 16.2. The summed E-state index contributed by atoms with van der Waals surface area (Å²) in [6.07, 6.45) is 0.967. The topological polar surface area (TPSA) is 36.4 Å². The summed E-state index contributed by atoms with van der Waals surface area (Å²) in [7, 11) is 0. The molecule has 2 heterocycles. The molecule has 0 N–H and O–H groups in total. The third-order valence-electron chi connectivity index (χ3n) is 7.04. The number of fused-ring (bicyclic) bond motifs is 2. The molecule has 4 heteroatoms. The summed E-state index contributed by atoms with van der Waals surface area (Å²) in [6, 6.07) is 37.0. The molecule has 5 aromatic rings. The standard InChI is InChI=1S/C33H29N3O/c1-24-12-13-28-21-29-18-19-36(32(29)34-31(28)20-24)30-16-14-27(15-17-30)33(37)35(22-25-8-4-2-5-9-25)23-26-10-6-3-7-11-26/h2-17,20-21H,18-19,22-23H2,1H3. The van der Waals surface area contributed by atoms with Crippen molar-refractivity contribution in [1.82, 2.24) is 9.88 Å². The number of carbonyl (C=O) groups is 1. The van der Waals surface area contributed by atoms with Crippen LogP contribution in [0.4, 0.5) is 11.5 Å². The Kier molecular flexibility index (Phi) is 6.15. The molecule has 1 aliphatic heterocycles. The Morgan fingerprint density at radius 2 is 1.46 bits per heavy atom. The normalized spacial score (nSPS) is 12.5. The van der Waals surface area contributed by atoms with Crippen molar-refractivity contribution in [1.29, 1.82) is 0 Å². The number of aromatic nitrogens is 1. The molecule has 0 radical (unpaired) electrons. The zero-order valence-corrected chi connectivity index (χ0v) is 21.0. The molecule has 1 aliphatic rings. The van der Waals surface area contributed by atoms with Gasteiger partial charge in [-0.25, -0.2) is 4.98 Å². The summed E-state index contributed by atoms with van der Waals surface area (Å²) in [5, 5.41) is 1.18. The van der Waals surface area contributed by atoms with Crippen LogP contribution in [0.2, 0.25) is 0 Å². The first kappa shape index (κ1) is 23.0. The molecule has 0 saturated carbocycles. The highest BCUT2D eigenvalue weighted by Crippen LogP contribution is 2.35. The molecule has 182 valence electrons. The Hall–Kier alpha value is -4.44. The maximum atomic E-state index is 13.7. The summed E-state index contributed by atoms with van der Waals surface area (Å²) in [4.78, 5) is 22.8. The average Bonchev–Trinajstić information content (AvgIpc) is 3.35. The van der Waals surface area contributed by atoms with Gasteiger partial charge in [0.15, 0.2) is 0 Å². The van der Waals surface area contributed by atoms with Gasteiger partial charge in [0.1, 0.15) is 5.82 Å². The van der Waals surface area contributed by atoms with Gasteiger partial charge in [0.25, 0.3) is 5.91 Å². The molecule has 0 spiro atoms. The largest absolute Gasteiger partial charge is 0.330 e. The summed E-state index contributed by atoms with van der Waals surface area (Å²) in [6.45, 7) is 4.11. The van der Waals surface area contributed by atoms with Crippen molar-refractivity contribution in [3.8, 4) is 0 Å². The van der Waals surface area contributed by atoms with Gasteiger partial charge in [-0.15, -0.1) is 0 Å². The van der Waals surface area contributed by atoms with Gasteiger partial charge >= 0.3 is 0 Å². The molecule has 1 aromatic heterocycles. The second-order valence-electron chi connectivity index (χ2n) is 9.75. The molecule has 1 amide bonds. The molecule has 0 saturated heterocycles. The van der Waals surface area contributed by atoms with Crippen LogP contribution in [0.25, 0.3) is 10.9 Å². The number of amides is 1. The Bertz CT molecular complexity index is 1500. The van der Waals surface area contributed by atoms with E-state index >= 15 is 0 Å². The van der Waals surface area contributed by atoms with Crippen LogP contribution in [0.5, 0.6) is 0 Å². The van der Waals surface area contributed by atoms with Crippen LogP contribution in [0.15, 0.2) is 109 Å². The van der Waals surface area contributed by atoms with Crippen molar-refractivity contribution in [3.05, 3.63) is 137 Å². The van der Waals surface area contributed by atoms with E-state index in [0.717, 1.165) is 41.1 Å². The number of anilines is 2. The molecular formula is C33H29N3O. The average molecular weight is 484 g/mol. The fourth-order valence-corrected chi connectivity index (χ4v) is 5.09. The van der Waals surface area contributed by atoms with Crippen molar-refractivity contribution < 1.29 is 4.79 Å². The van der Waals surface area contributed by atoms with Gasteiger partial charge in [0.2, 0.25) is 0 Å². The monoisotopic (exact) mass is 483 g/mol. The number of carbonyl (C=O) groups excluding carboxylic acids is 1. The number of rotatable bonds is 6. The van der Waals surface area contributed by atoms with Crippen molar-refractivity contribution in [2.24, 2.45) is 0 Å². The van der Waals surface area contributed by atoms with Gasteiger partial charge in [-0.1, -0.05) is 72.8 Å². The lowest BCUT2D eigenvalue weighted by molar-refractivity contribution is 0.0730. The zero-order valence-electron chi connectivity index (χ0n) is 21.0.